The minimum atomic E-state index is -0.398. The molecule has 0 unspecified atom stereocenters. The average molecular weight is 341 g/mol. The topological polar surface area (TPSA) is 85.8 Å². The summed E-state index contributed by atoms with van der Waals surface area (Å²) in [5.41, 5.74) is 2.78. The molecule has 0 aliphatic rings. The first-order chi connectivity index (χ1) is 11.9. The van der Waals surface area contributed by atoms with Gasteiger partial charge >= 0.3 is 0 Å². The number of benzene rings is 1. The van der Waals surface area contributed by atoms with Crippen LogP contribution in [0.2, 0.25) is 0 Å². The van der Waals surface area contributed by atoms with E-state index in [4.69, 9.17) is 5.26 Å². The Bertz CT molecular complexity index is 864. The third-order valence-electron chi connectivity index (χ3n) is 4.17. The van der Waals surface area contributed by atoms with E-state index in [0.29, 0.717) is 30.6 Å². The Morgan fingerprint density at radius 2 is 1.92 bits per heavy atom. The van der Waals surface area contributed by atoms with Gasteiger partial charge in [-0.25, -0.2) is 4.39 Å². The van der Waals surface area contributed by atoms with E-state index in [1.807, 2.05) is 6.07 Å². The predicted octanol–water partition coefficient (Wildman–Crippen LogP) is 2.29. The van der Waals surface area contributed by atoms with E-state index >= 15 is 0 Å². The lowest BCUT2D eigenvalue weighted by Gasteiger charge is -2.11. The summed E-state index contributed by atoms with van der Waals surface area (Å²) >= 11 is 0. The zero-order chi connectivity index (χ0) is 18.4. The largest absolute Gasteiger partial charge is 0.356 e. The molecule has 0 saturated carbocycles. The van der Waals surface area contributed by atoms with Gasteiger partial charge in [0.2, 0.25) is 5.91 Å². The number of aryl methyl sites for hydroxylation is 1. The number of nitrogens with zero attached hydrogens (tertiary/aromatic N) is 1. The zero-order valence-corrected chi connectivity index (χ0v) is 14.3. The van der Waals surface area contributed by atoms with E-state index in [1.165, 1.54) is 12.1 Å². The average Bonchev–Trinajstić information content (AvgIpc) is 2.56. The predicted molar refractivity (Wildman–Crippen MR) is 92.7 cm³/mol. The van der Waals surface area contributed by atoms with E-state index in [2.05, 4.69) is 10.3 Å². The highest BCUT2D eigenvalue weighted by Gasteiger charge is 2.13. The lowest BCUT2D eigenvalue weighted by Crippen LogP contribution is -2.26. The van der Waals surface area contributed by atoms with Gasteiger partial charge in [0.1, 0.15) is 17.4 Å². The Hall–Kier alpha value is -2.94. The van der Waals surface area contributed by atoms with Gasteiger partial charge in [0.25, 0.3) is 5.56 Å². The molecule has 2 N–H and O–H groups in total. The van der Waals surface area contributed by atoms with Gasteiger partial charge in [-0.3, -0.25) is 9.59 Å². The number of nitriles is 1. The number of rotatable bonds is 6. The number of aromatic amines is 1. The van der Waals surface area contributed by atoms with Crippen LogP contribution in [0.15, 0.2) is 29.1 Å². The molecule has 0 fully saturated rings. The quantitative estimate of drug-likeness (QED) is 0.845. The Morgan fingerprint density at radius 1 is 1.24 bits per heavy atom. The number of H-pyrrole nitrogens is 1. The monoisotopic (exact) mass is 341 g/mol. The molecule has 0 aliphatic heterocycles. The van der Waals surface area contributed by atoms with Crippen molar-refractivity contribution in [2.24, 2.45) is 0 Å². The van der Waals surface area contributed by atoms with Crippen LogP contribution in [0.5, 0.6) is 0 Å². The maximum absolute atomic E-state index is 12.8. The van der Waals surface area contributed by atoms with Crippen LogP contribution in [-0.4, -0.2) is 17.4 Å². The molecule has 0 spiro atoms. The molecule has 1 aromatic heterocycles. The smallest absolute Gasteiger partial charge is 0.266 e. The fraction of sp³-hybridized carbons (Fsp3) is 0.316. The lowest BCUT2D eigenvalue weighted by molar-refractivity contribution is -0.121. The first-order valence-corrected chi connectivity index (χ1v) is 8.06. The summed E-state index contributed by atoms with van der Waals surface area (Å²) in [6, 6.07) is 8.08. The molecule has 2 rings (SSSR count). The summed E-state index contributed by atoms with van der Waals surface area (Å²) in [4.78, 5) is 26.3. The summed E-state index contributed by atoms with van der Waals surface area (Å²) in [6.07, 6.45) is 1.34. The van der Waals surface area contributed by atoms with E-state index < -0.39 is 5.56 Å². The van der Waals surface area contributed by atoms with Crippen molar-refractivity contribution in [3.63, 3.8) is 0 Å². The second-order valence-electron chi connectivity index (χ2n) is 5.90. The van der Waals surface area contributed by atoms with Crippen molar-refractivity contribution >= 4 is 5.91 Å². The minimum Gasteiger partial charge on any atom is -0.356 e. The van der Waals surface area contributed by atoms with E-state index in [1.54, 1.807) is 26.0 Å². The lowest BCUT2D eigenvalue weighted by atomic mass is 9.99. The van der Waals surface area contributed by atoms with Gasteiger partial charge in [0, 0.05) is 18.7 Å². The number of nitrogens with one attached hydrogen (secondary N) is 2. The summed E-state index contributed by atoms with van der Waals surface area (Å²) in [6.45, 7) is 3.96. The number of halogens is 1. The summed E-state index contributed by atoms with van der Waals surface area (Å²) < 4.78 is 12.8. The molecule has 0 saturated heterocycles. The van der Waals surface area contributed by atoms with Crippen LogP contribution in [0.1, 0.15) is 34.4 Å². The van der Waals surface area contributed by atoms with Crippen LogP contribution in [0, 0.1) is 31.0 Å². The van der Waals surface area contributed by atoms with Crippen molar-refractivity contribution in [2.75, 3.05) is 6.54 Å². The van der Waals surface area contributed by atoms with Crippen molar-refractivity contribution in [1.82, 2.24) is 10.3 Å². The first-order valence-electron chi connectivity index (χ1n) is 8.06. The van der Waals surface area contributed by atoms with Gasteiger partial charge in [-0.05, 0) is 55.5 Å². The number of hydrogen-bond acceptors (Lipinski definition) is 3. The fourth-order valence-electron chi connectivity index (χ4n) is 2.74. The molecule has 0 bridgehead atoms. The summed E-state index contributed by atoms with van der Waals surface area (Å²) in [5, 5.41) is 11.9. The number of aromatic nitrogens is 1. The Morgan fingerprint density at radius 3 is 2.56 bits per heavy atom. The molecule has 1 aromatic carbocycles. The molecule has 1 heterocycles. The van der Waals surface area contributed by atoms with Crippen LogP contribution < -0.4 is 10.9 Å². The van der Waals surface area contributed by atoms with Crippen molar-refractivity contribution in [3.8, 4) is 6.07 Å². The maximum Gasteiger partial charge on any atom is 0.266 e. The standard InChI is InChI=1S/C19H20FN3O2/c1-12-16(13(2)23-19(25)17(12)11-21)7-8-18(24)22-10-9-14-3-5-15(20)6-4-14/h3-6H,7-10H2,1-2H3,(H,22,24)(H,23,25). The van der Waals surface area contributed by atoms with Crippen LogP contribution in [0.25, 0.3) is 0 Å². The van der Waals surface area contributed by atoms with Gasteiger partial charge in [0.15, 0.2) is 0 Å². The second kappa shape index (κ2) is 8.25. The van der Waals surface area contributed by atoms with Crippen molar-refractivity contribution in [2.45, 2.75) is 33.1 Å². The molecular weight excluding hydrogens is 321 g/mol. The minimum absolute atomic E-state index is 0.0947. The normalized spacial score (nSPS) is 10.3. The Balaban J connectivity index is 1.89. The molecule has 2 aromatic rings. The van der Waals surface area contributed by atoms with Crippen LogP contribution >= 0.6 is 0 Å². The number of hydrogen-bond donors (Lipinski definition) is 2. The van der Waals surface area contributed by atoms with Crippen molar-refractivity contribution in [3.05, 3.63) is 68.4 Å². The molecule has 1 amide bonds. The third-order valence-corrected chi connectivity index (χ3v) is 4.17. The van der Waals surface area contributed by atoms with E-state index in [0.717, 1.165) is 11.1 Å². The fourth-order valence-corrected chi connectivity index (χ4v) is 2.74. The van der Waals surface area contributed by atoms with Crippen LogP contribution in [0.4, 0.5) is 4.39 Å². The van der Waals surface area contributed by atoms with E-state index in [-0.39, 0.29) is 23.7 Å². The summed E-state index contributed by atoms with van der Waals surface area (Å²) in [7, 11) is 0. The van der Waals surface area contributed by atoms with Gasteiger partial charge in [-0.15, -0.1) is 0 Å². The van der Waals surface area contributed by atoms with Crippen molar-refractivity contribution < 1.29 is 9.18 Å². The molecule has 5 nitrogen and oxygen atoms in total. The molecule has 0 atom stereocenters. The number of carbonyl (C=O) groups is 1. The molecule has 6 heteroatoms. The molecule has 0 aliphatic carbocycles. The molecule has 130 valence electrons. The van der Waals surface area contributed by atoms with Gasteiger partial charge in [0.05, 0.1) is 0 Å². The van der Waals surface area contributed by atoms with Crippen LogP contribution in [-0.2, 0) is 17.6 Å². The zero-order valence-electron chi connectivity index (χ0n) is 14.3. The maximum atomic E-state index is 12.8. The van der Waals surface area contributed by atoms with Crippen LogP contribution in [0.3, 0.4) is 0 Å². The highest BCUT2D eigenvalue weighted by atomic mass is 19.1. The SMILES string of the molecule is Cc1[nH]c(=O)c(C#N)c(C)c1CCC(=O)NCCc1ccc(F)cc1. The molecular formula is C19H20FN3O2. The number of pyridine rings is 1. The van der Waals surface area contributed by atoms with E-state index in [9.17, 15) is 14.0 Å². The number of carbonyl (C=O) groups excluding carboxylic acids is 1. The van der Waals surface area contributed by atoms with Gasteiger partial charge in [-0.1, -0.05) is 12.1 Å². The Labute approximate surface area is 145 Å². The van der Waals surface area contributed by atoms with Gasteiger partial charge < -0.3 is 10.3 Å². The summed E-state index contributed by atoms with van der Waals surface area (Å²) in [5.74, 6) is -0.387. The third kappa shape index (κ3) is 4.77. The highest BCUT2D eigenvalue weighted by Crippen LogP contribution is 2.14. The van der Waals surface area contributed by atoms with Crippen molar-refractivity contribution in [1.29, 1.82) is 5.26 Å². The first kappa shape index (κ1) is 18.4. The number of amides is 1. The highest BCUT2D eigenvalue weighted by molar-refractivity contribution is 5.76. The Kier molecular flexibility index (Phi) is 6.07. The second-order valence-corrected chi connectivity index (χ2v) is 5.90. The molecule has 0 radical (unpaired) electrons. The van der Waals surface area contributed by atoms with Gasteiger partial charge in [-0.2, -0.15) is 5.26 Å². The molecule has 25 heavy (non-hydrogen) atoms.